The van der Waals surface area contributed by atoms with E-state index in [9.17, 15) is 10.2 Å². The highest BCUT2D eigenvalue weighted by Crippen LogP contribution is 2.55. The van der Waals surface area contributed by atoms with Crippen LogP contribution in [-0.2, 0) is 11.2 Å². The normalized spacial score (nSPS) is 15.1. The minimum Gasteiger partial charge on any atom is -0.375 e. The van der Waals surface area contributed by atoms with Crippen molar-refractivity contribution in [2.45, 2.75) is 11.2 Å². The molecule has 0 unspecified atom stereocenters. The van der Waals surface area contributed by atoms with Gasteiger partial charge in [-0.2, -0.15) is 0 Å². The summed E-state index contributed by atoms with van der Waals surface area (Å²) >= 11 is 5.05. The standard InChI is InChI=1S/C38H24O2S3/c39-37(27-13-5-1-9-23(27)24-10-2-6-14-28(24)37)35-21-19-33(42-35)31-17-18-32(41-31)34-20-22-36(43-34)38(40)29-15-7-3-11-25(29)26-12-4-8-16-30(26)38/h1-22,39-40H. The molecule has 4 aromatic carbocycles. The number of aliphatic hydroxyl groups is 2. The molecule has 0 radical (unpaired) electrons. The summed E-state index contributed by atoms with van der Waals surface area (Å²) in [6.07, 6.45) is 0. The van der Waals surface area contributed by atoms with Crippen LogP contribution in [0.1, 0.15) is 32.0 Å². The monoisotopic (exact) mass is 608 g/mol. The van der Waals surface area contributed by atoms with Gasteiger partial charge in [0.15, 0.2) is 11.2 Å². The Hall–Kier alpha value is -4.10. The summed E-state index contributed by atoms with van der Waals surface area (Å²) in [4.78, 5) is 6.45. The Balaban J connectivity index is 1.07. The third-order valence-electron chi connectivity index (χ3n) is 8.86. The summed E-state index contributed by atoms with van der Waals surface area (Å²) in [5.41, 5.74) is 5.81. The van der Waals surface area contributed by atoms with Crippen molar-refractivity contribution in [2.75, 3.05) is 0 Å². The van der Waals surface area contributed by atoms with Crippen LogP contribution in [0.3, 0.4) is 0 Å². The fourth-order valence-corrected chi connectivity index (χ4v) is 10.3. The lowest BCUT2D eigenvalue weighted by molar-refractivity contribution is 0.134. The van der Waals surface area contributed by atoms with Gasteiger partial charge in [0.05, 0.1) is 0 Å². The van der Waals surface area contributed by atoms with Gasteiger partial charge in [-0.1, -0.05) is 97.1 Å². The van der Waals surface area contributed by atoms with Crippen LogP contribution in [-0.4, -0.2) is 10.2 Å². The molecular weight excluding hydrogens is 585 g/mol. The van der Waals surface area contributed by atoms with Gasteiger partial charge in [0.25, 0.3) is 0 Å². The third kappa shape index (κ3) is 3.46. The number of thiophene rings is 3. The summed E-state index contributed by atoms with van der Waals surface area (Å²) < 4.78 is 0. The Bertz CT molecular complexity index is 1950. The van der Waals surface area contributed by atoms with Gasteiger partial charge in [-0.15, -0.1) is 34.0 Å². The first kappa shape index (κ1) is 25.4. The molecule has 3 heterocycles. The highest BCUT2D eigenvalue weighted by molar-refractivity contribution is 7.26. The van der Waals surface area contributed by atoms with E-state index in [1.54, 1.807) is 34.0 Å². The van der Waals surface area contributed by atoms with E-state index in [0.717, 1.165) is 64.0 Å². The summed E-state index contributed by atoms with van der Waals surface area (Å²) in [5.74, 6) is 0. The van der Waals surface area contributed by atoms with E-state index >= 15 is 0 Å². The lowest BCUT2D eigenvalue weighted by Crippen LogP contribution is -2.24. The average Bonchev–Trinajstić information content (AvgIpc) is 3.89. The van der Waals surface area contributed by atoms with Crippen LogP contribution in [0.5, 0.6) is 0 Å². The van der Waals surface area contributed by atoms with Crippen LogP contribution in [0.15, 0.2) is 133 Å². The number of fused-ring (bicyclic) bond motifs is 6. The Morgan fingerprint density at radius 3 is 0.953 bits per heavy atom. The van der Waals surface area contributed by atoms with Crippen LogP contribution in [0.4, 0.5) is 0 Å². The molecule has 0 aliphatic heterocycles. The number of benzene rings is 4. The maximum absolute atomic E-state index is 12.3. The van der Waals surface area contributed by atoms with Gasteiger partial charge in [0, 0.05) is 51.5 Å². The average molecular weight is 609 g/mol. The smallest absolute Gasteiger partial charge is 0.150 e. The van der Waals surface area contributed by atoms with E-state index in [-0.39, 0.29) is 0 Å². The zero-order valence-corrected chi connectivity index (χ0v) is 25.3. The molecule has 0 saturated heterocycles. The number of hydrogen-bond donors (Lipinski definition) is 2. The van der Waals surface area contributed by atoms with Crippen molar-refractivity contribution in [3.63, 3.8) is 0 Å². The quantitative estimate of drug-likeness (QED) is 0.209. The zero-order valence-electron chi connectivity index (χ0n) is 22.8. The fraction of sp³-hybridized carbons (Fsp3) is 0.0526. The molecule has 0 atom stereocenters. The molecular formula is C38H24O2S3. The fourth-order valence-electron chi connectivity index (χ4n) is 6.89. The molecule has 206 valence electrons. The number of rotatable bonds is 4. The lowest BCUT2D eigenvalue weighted by Gasteiger charge is -2.24. The first-order valence-corrected chi connectivity index (χ1v) is 16.7. The molecule has 0 saturated carbocycles. The van der Waals surface area contributed by atoms with Crippen molar-refractivity contribution in [1.29, 1.82) is 0 Å². The minimum atomic E-state index is -1.16. The predicted octanol–water partition coefficient (Wildman–Crippen LogP) is 9.73. The molecule has 2 aliphatic rings. The molecule has 3 aromatic heterocycles. The first-order valence-electron chi connectivity index (χ1n) is 14.2. The predicted molar refractivity (Wildman–Crippen MR) is 179 cm³/mol. The molecule has 5 heteroatoms. The van der Waals surface area contributed by atoms with E-state index in [0.29, 0.717) is 0 Å². The van der Waals surface area contributed by atoms with Gasteiger partial charge in [-0.05, 0) is 58.7 Å². The molecule has 9 rings (SSSR count). The molecule has 2 N–H and O–H groups in total. The molecule has 2 nitrogen and oxygen atoms in total. The van der Waals surface area contributed by atoms with E-state index < -0.39 is 11.2 Å². The Labute approximate surface area is 261 Å². The van der Waals surface area contributed by atoms with Gasteiger partial charge in [-0.25, -0.2) is 0 Å². The molecule has 43 heavy (non-hydrogen) atoms. The zero-order chi connectivity index (χ0) is 28.8. The molecule has 7 aromatic rings. The molecule has 2 aliphatic carbocycles. The topological polar surface area (TPSA) is 40.5 Å². The van der Waals surface area contributed by atoms with Crippen LogP contribution in [0, 0.1) is 0 Å². The van der Waals surface area contributed by atoms with Gasteiger partial charge in [-0.3, -0.25) is 0 Å². The lowest BCUT2D eigenvalue weighted by atomic mass is 9.90. The van der Waals surface area contributed by atoms with Gasteiger partial charge < -0.3 is 10.2 Å². The highest BCUT2D eigenvalue weighted by atomic mass is 32.1. The SMILES string of the molecule is OC1(c2ccc(-c3ccc(-c4ccc(C5(O)c6ccccc6-c6ccccc65)s4)s3)s2)c2ccccc2-c2ccccc21. The van der Waals surface area contributed by atoms with E-state index in [1.807, 2.05) is 72.8 Å². The van der Waals surface area contributed by atoms with Crippen molar-refractivity contribution >= 4 is 34.0 Å². The Kier molecular flexibility index (Phi) is 5.43. The van der Waals surface area contributed by atoms with Crippen molar-refractivity contribution in [3.8, 4) is 41.8 Å². The minimum absolute atomic E-state index is 0.925. The molecule has 0 bridgehead atoms. The molecule has 0 fully saturated rings. The van der Waals surface area contributed by atoms with Crippen LogP contribution in [0.2, 0.25) is 0 Å². The summed E-state index contributed by atoms with van der Waals surface area (Å²) in [6, 6.07) is 45.5. The Morgan fingerprint density at radius 2 is 0.605 bits per heavy atom. The molecule has 0 amide bonds. The van der Waals surface area contributed by atoms with Crippen LogP contribution in [0.25, 0.3) is 41.8 Å². The highest BCUT2D eigenvalue weighted by Gasteiger charge is 2.45. The largest absolute Gasteiger partial charge is 0.375 e. The van der Waals surface area contributed by atoms with Crippen molar-refractivity contribution in [1.82, 2.24) is 0 Å². The van der Waals surface area contributed by atoms with Crippen LogP contribution < -0.4 is 0 Å². The van der Waals surface area contributed by atoms with Gasteiger partial charge in [0.1, 0.15) is 0 Å². The van der Waals surface area contributed by atoms with E-state index in [4.69, 9.17) is 0 Å². The maximum atomic E-state index is 12.3. The maximum Gasteiger partial charge on any atom is 0.150 e. The second kappa shape index (κ2) is 9.20. The second-order valence-electron chi connectivity index (χ2n) is 11.1. The Morgan fingerprint density at radius 1 is 0.326 bits per heavy atom. The summed E-state index contributed by atoms with van der Waals surface area (Å²) in [7, 11) is 0. The first-order chi connectivity index (χ1) is 21.1. The van der Waals surface area contributed by atoms with E-state index in [1.165, 1.54) is 9.75 Å². The van der Waals surface area contributed by atoms with Gasteiger partial charge in [0.2, 0.25) is 0 Å². The van der Waals surface area contributed by atoms with Crippen molar-refractivity contribution in [2.24, 2.45) is 0 Å². The van der Waals surface area contributed by atoms with E-state index in [2.05, 4.69) is 60.7 Å². The molecule has 0 spiro atoms. The van der Waals surface area contributed by atoms with Gasteiger partial charge >= 0.3 is 0 Å². The van der Waals surface area contributed by atoms with Crippen molar-refractivity contribution in [3.05, 3.63) is 165 Å². The summed E-state index contributed by atoms with van der Waals surface area (Å²) in [5, 5.41) is 24.5. The second-order valence-corrected chi connectivity index (χ2v) is 14.3. The van der Waals surface area contributed by atoms with Crippen LogP contribution >= 0.6 is 34.0 Å². The van der Waals surface area contributed by atoms with Crippen molar-refractivity contribution < 1.29 is 10.2 Å². The number of hydrogen-bond acceptors (Lipinski definition) is 5. The summed E-state index contributed by atoms with van der Waals surface area (Å²) in [6.45, 7) is 0. The third-order valence-corrected chi connectivity index (χ3v) is 12.7.